The molecule has 0 atom stereocenters. The van der Waals surface area contributed by atoms with Crippen molar-refractivity contribution < 1.29 is 4.79 Å². The zero-order valence-corrected chi connectivity index (χ0v) is 14.7. The molecule has 6 nitrogen and oxygen atoms in total. The van der Waals surface area contributed by atoms with Crippen molar-refractivity contribution >= 4 is 16.8 Å². The molecule has 130 valence electrons. The van der Waals surface area contributed by atoms with Gasteiger partial charge in [0.1, 0.15) is 5.82 Å². The largest absolute Gasteiger partial charge is 0.350 e. The minimum Gasteiger partial charge on any atom is -0.350 e. The summed E-state index contributed by atoms with van der Waals surface area (Å²) in [6, 6.07) is 8.08. The molecule has 3 heterocycles. The highest BCUT2D eigenvalue weighted by molar-refractivity contribution is 6.07. The normalized spacial score (nSPS) is 15.8. The Hall–Kier alpha value is -2.60. The Labute approximate surface area is 147 Å². The lowest BCUT2D eigenvalue weighted by molar-refractivity contribution is 0.0626. The zero-order valence-electron chi connectivity index (χ0n) is 14.7. The van der Waals surface area contributed by atoms with Crippen LogP contribution < -0.4 is 0 Å². The predicted octanol–water partition coefficient (Wildman–Crippen LogP) is 1.87. The highest BCUT2D eigenvalue weighted by Crippen LogP contribution is 2.22. The molecule has 6 heteroatoms. The first-order chi connectivity index (χ1) is 12.1. The van der Waals surface area contributed by atoms with Gasteiger partial charge >= 0.3 is 0 Å². The van der Waals surface area contributed by atoms with Gasteiger partial charge < -0.3 is 14.0 Å². The molecule has 1 amide bonds. The molecule has 1 fully saturated rings. The van der Waals surface area contributed by atoms with Gasteiger partial charge in [0.25, 0.3) is 5.91 Å². The minimum atomic E-state index is 0.133. The number of amides is 1. The molecule has 3 aromatic rings. The average molecular weight is 337 g/mol. The van der Waals surface area contributed by atoms with Gasteiger partial charge in [-0.3, -0.25) is 9.69 Å². The molecular weight excluding hydrogens is 314 g/mol. The van der Waals surface area contributed by atoms with Crippen LogP contribution >= 0.6 is 0 Å². The molecule has 1 aromatic carbocycles. The van der Waals surface area contributed by atoms with E-state index in [1.807, 2.05) is 64.9 Å². The van der Waals surface area contributed by atoms with E-state index in [4.69, 9.17) is 0 Å². The van der Waals surface area contributed by atoms with Gasteiger partial charge in [0.05, 0.1) is 12.1 Å². The number of carbonyl (C=O) groups excluding carboxylic acids is 1. The van der Waals surface area contributed by atoms with E-state index in [1.54, 1.807) is 0 Å². The molecule has 2 aromatic heterocycles. The number of piperazine rings is 1. The first-order valence-corrected chi connectivity index (χ1v) is 8.65. The van der Waals surface area contributed by atoms with Crippen LogP contribution in [0, 0.1) is 0 Å². The summed E-state index contributed by atoms with van der Waals surface area (Å²) < 4.78 is 4.08. The number of aromatic nitrogens is 3. The van der Waals surface area contributed by atoms with E-state index in [1.165, 1.54) is 0 Å². The first-order valence-electron chi connectivity index (χ1n) is 8.65. The quantitative estimate of drug-likeness (QED) is 0.733. The van der Waals surface area contributed by atoms with Gasteiger partial charge in [0.2, 0.25) is 0 Å². The number of rotatable bonds is 3. The molecule has 0 saturated carbocycles. The lowest BCUT2D eigenvalue weighted by Crippen LogP contribution is -2.48. The summed E-state index contributed by atoms with van der Waals surface area (Å²) in [7, 11) is 4.01. The van der Waals surface area contributed by atoms with E-state index < -0.39 is 0 Å². The van der Waals surface area contributed by atoms with Crippen molar-refractivity contribution in [2.75, 3.05) is 26.2 Å². The first kappa shape index (κ1) is 15.9. The summed E-state index contributed by atoms with van der Waals surface area (Å²) in [5.74, 6) is 1.20. The fourth-order valence-corrected chi connectivity index (χ4v) is 3.54. The van der Waals surface area contributed by atoms with Gasteiger partial charge in [-0.05, 0) is 6.07 Å². The molecule has 0 N–H and O–H groups in total. The summed E-state index contributed by atoms with van der Waals surface area (Å²) in [5, 5.41) is 1.03. The topological polar surface area (TPSA) is 46.3 Å². The molecule has 1 saturated heterocycles. The Balaban J connectivity index is 1.45. The second kappa shape index (κ2) is 6.37. The Kier molecular flexibility index (Phi) is 4.05. The van der Waals surface area contributed by atoms with Crippen LogP contribution in [0.25, 0.3) is 10.9 Å². The Morgan fingerprint density at radius 3 is 2.56 bits per heavy atom. The highest BCUT2D eigenvalue weighted by atomic mass is 16.2. The van der Waals surface area contributed by atoms with Gasteiger partial charge in [-0.2, -0.15) is 0 Å². The van der Waals surface area contributed by atoms with Gasteiger partial charge in [0, 0.05) is 69.8 Å². The maximum Gasteiger partial charge on any atom is 0.256 e. The van der Waals surface area contributed by atoms with Crippen LogP contribution in [-0.4, -0.2) is 56.0 Å². The van der Waals surface area contributed by atoms with Crippen LogP contribution in [0.3, 0.4) is 0 Å². The molecule has 0 bridgehead atoms. The summed E-state index contributed by atoms with van der Waals surface area (Å²) >= 11 is 0. The van der Waals surface area contributed by atoms with Crippen LogP contribution in [-0.2, 0) is 20.6 Å². The van der Waals surface area contributed by atoms with Crippen LogP contribution in [0.15, 0.2) is 42.9 Å². The molecule has 0 radical (unpaired) electrons. The van der Waals surface area contributed by atoms with Gasteiger partial charge in [-0.1, -0.05) is 18.2 Å². The number of hydrogen-bond acceptors (Lipinski definition) is 3. The van der Waals surface area contributed by atoms with E-state index in [0.29, 0.717) is 0 Å². The number of carbonyl (C=O) groups is 1. The van der Waals surface area contributed by atoms with Crippen molar-refractivity contribution in [2.24, 2.45) is 14.1 Å². The number of hydrogen-bond donors (Lipinski definition) is 0. The van der Waals surface area contributed by atoms with Gasteiger partial charge in [0.15, 0.2) is 0 Å². The van der Waals surface area contributed by atoms with Crippen molar-refractivity contribution in [1.82, 2.24) is 23.9 Å². The summed E-state index contributed by atoms with van der Waals surface area (Å²) in [5.41, 5.74) is 1.90. The molecule has 0 spiro atoms. The number of imidazole rings is 1. The zero-order chi connectivity index (χ0) is 17.4. The standard InChI is InChI=1S/C19H23N5O/c1-21-8-7-20-18(21)14-23-9-11-24(12-10-23)19(25)16-13-22(2)17-6-4-3-5-15(16)17/h3-8,13H,9-12,14H2,1-2H3. The molecule has 0 aliphatic carbocycles. The molecular formula is C19H23N5O. The monoisotopic (exact) mass is 337 g/mol. The number of fused-ring (bicyclic) bond motifs is 1. The second-order valence-corrected chi connectivity index (χ2v) is 6.69. The highest BCUT2D eigenvalue weighted by Gasteiger charge is 2.24. The third kappa shape index (κ3) is 2.93. The molecule has 1 aliphatic rings. The van der Waals surface area contributed by atoms with Crippen molar-refractivity contribution in [3.8, 4) is 0 Å². The summed E-state index contributed by atoms with van der Waals surface area (Å²) in [4.78, 5) is 21.7. The smallest absolute Gasteiger partial charge is 0.256 e. The summed E-state index contributed by atoms with van der Waals surface area (Å²) in [6.07, 6.45) is 5.75. The molecule has 0 unspecified atom stereocenters. The third-order valence-electron chi connectivity index (χ3n) is 5.07. The van der Waals surface area contributed by atoms with Gasteiger partial charge in [-0.15, -0.1) is 0 Å². The SMILES string of the molecule is Cn1ccnc1CN1CCN(C(=O)c2cn(C)c3ccccc23)CC1. The number of para-hydroxylation sites is 1. The van der Waals surface area contributed by atoms with E-state index in [2.05, 4.69) is 16.0 Å². The molecule has 1 aliphatic heterocycles. The summed E-state index contributed by atoms with van der Waals surface area (Å²) in [6.45, 7) is 4.10. The van der Waals surface area contributed by atoms with E-state index in [0.717, 1.165) is 55.0 Å². The van der Waals surface area contributed by atoms with Crippen LogP contribution in [0.4, 0.5) is 0 Å². The Bertz CT molecular complexity index is 902. The number of benzene rings is 1. The number of aryl methyl sites for hydroxylation is 2. The number of nitrogens with zero attached hydrogens (tertiary/aromatic N) is 5. The molecule has 25 heavy (non-hydrogen) atoms. The second-order valence-electron chi connectivity index (χ2n) is 6.69. The van der Waals surface area contributed by atoms with Crippen molar-refractivity contribution in [3.63, 3.8) is 0 Å². The Morgan fingerprint density at radius 2 is 1.84 bits per heavy atom. The predicted molar refractivity (Wildman–Crippen MR) is 97.3 cm³/mol. The fourth-order valence-electron chi connectivity index (χ4n) is 3.54. The van der Waals surface area contributed by atoms with Gasteiger partial charge in [-0.25, -0.2) is 4.98 Å². The van der Waals surface area contributed by atoms with E-state index in [9.17, 15) is 4.79 Å². The molecule has 4 rings (SSSR count). The van der Waals surface area contributed by atoms with Crippen molar-refractivity contribution in [3.05, 3.63) is 54.2 Å². The van der Waals surface area contributed by atoms with Crippen LogP contribution in [0.1, 0.15) is 16.2 Å². The van der Waals surface area contributed by atoms with Crippen molar-refractivity contribution in [2.45, 2.75) is 6.54 Å². The lowest BCUT2D eigenvalue weighted by Gasteiger charge is -2.34. The Morgan fingerprint density at radius 1 is 1.08 bits per heavy atom. The van der Waals surface area contributed by atoms with E-state index in [-0.39, 0.29) is 5.91 Å². The maximum atomic E-state index is 13.0. The van der Waals surface area contributed by atoms with Crippen LogP contribution in [0.5, 0.6) is 0 Å². The average Bonchev–Trinajstić information content (AvgIpc) is 3.19. The van der Waals surface area contributed by atoms with E-state index >= 15 is 0 Å². The fraction of sp³-hybridized carbons (Fsp3) is 0.368. The lowest BCUT2D eigenvalue weighted by atomic mass is 10.1. The van der Waals surface area contributed by atoms with Crippen molar-refractivity contribution in [1.29, 1.82) is 0 Å². The minimum absolute atomic E-state index is 0.133. The maximum absolute atomic E-state index is 13.0. The van der Waals surface area contributed by atoms with Crippen LogP contribution in [0.2, 0.25) is 0 Å². The third-order valence-corrected chi connectivity index (χ3v) is 5.07.